The van der Waals surface area contributed by atoms with Crippen LogP contribution in [0.1, 0.15) is 13.3 Å². The first-order valence-electron chi connectivity index (χ1n) is 5.91. The summed E-state index contributed by atoms with van der Waals surface area (Å²) in [4.78, 5) is 10.5. The zero-order chi connectivity index (χ0) is 12.3. The summed E-state index contributed by atoms with van der Waals surface area (Å²) in [5.74, 6) is 1.60. The number of anilines is 2. The number of ether oxygens (including phenoxy) is 1. The summed E-state index contributed by atoms with van der Waals surface area (Å²) < 4.78 is 5.43. The highest BCUT2D eigenvalue weighted by Gasteiger charge is 2.29. The van der Waals surface area contributed by atoms with Crippen molar-refractivity contribution in [2.24, 2.45) is 5.41 Å². The summed E-state index contributed by atoms with van der Waals surface area (Å²) >= 11 is 0. The van der Waals surface area contributed by atoms with E-state index < -0.39 is 0 Å². The van der Waals surface area contributed by atoms with Gasteiger partial charge in [-0.15, -0.1) is 0 Å². The van der Waals surface area contributed by atoms with Crippen molar-refractivity contribution in [2.45, 2.75) is 13.3 Å². The highest BCUT2D eigenvalue weighted by molar-refractivity contribution is 5.40. The Morgan fingerprint density at radius 3 is 3.00 bits per heavy atom. The molecule has 17 heavy (non-hydrogen) atoms. The summed E-state index contributed by atoms with van der Waals surface area (Å²) in [7, 11) is 3.87. The standard InChI is InChI=1S/C12H20N4O/c1-12(5-7-17-9-12)8-14-10-4-6-13-11(15-10)16(2)3/h4,6H,5,7-9H2,1-3H3,(H,13,14,15). The Morgan fingerprint density at radius 2 is 2.35 bits per heavy atom. The van der Waals surface area contributed by atoms with Crippen LogP contribution in [0.4, 0.5) is 11.8 Å². The molecule has 5 nitrogen and oxygen atoms in total. The molecule has 0 bridgehead atoms. The van der Waals surface area contributed by atoms with E-state index in [1.165, 1.54) is 0 Å². The van der Waals surface area contributed by atoms with Crippen molar-refractivity contribution in [1.82, 2.24) is 9.97 Å². The van der Waals surface area contributed by atoms with E-state index in [1.807, 2.05) is 25.1 Å². The largest absolute Gasteiger partial charge is 0.381 e. The third kappa shape index (κ3) is 3.06. The Morgan fingerprint density at radius 1 is 1.53 bits per heavy atom. The molecule has 1 saturated heterocycles. The number of hydrogen-bond acceptors (Lipinski definition) is 5. The Balaban J connectivity index is 1.96. The molecule has 1 unspecified atom stereocenters. The Labute approximate surface area is 102 Å². The lowest BCUT2D eigenvalue weighted by Crippen LogP contribution is -2.27. The van der Waals surface area contributed by atoms with Crippen molar-refractivity contribution in [1.29, 1.82) is 0 Å². The number of nitrogens with zero attached hydrogens (tertiary/aromatic N) is 3. The quantitative estimate of drug-likeness (QED) is 0.856. The average molecular weight is 236 g/mol. The highest BCUT2D eigenvalue weighted by Crippen LogP contribution is 2.27. The van der Waals surface area contributed by atoms with E-state index in [-0.39, 0.29) is 5.41 Å². The van der Waals surface area contributed by atoms with Crippen LogP contribution >= 0.6 is 0 Å². The molecule has 94 valence electrons. The molecule has 1 aliphatic rings. The zero-order valence-electron chi connectivity index (χ0n) is 10.7. The van der Waals surface area contributed by atoms with Crippen LogP contribution < -0.4 is 10.2 Å². The zero-order valence-corrected chi connectivity index (χ0v) is 10.7. The highest BCUT2D eigenvalue weighted by atomic mass is 16.5. The van der Waals surface area contributed by atoms with Gasteiger partial charge in [-0.2, -0.15) is 4.98 Å². The second-order valence-corrected chi connectivity index (χ2v) is 5.10. The van der Waals surface area contributed by atoms with Gasteiger partial charge in [-0.1, -0.05) is 6.92 Å². The lowest BCUT2D eigenvalue weighted by atomic mass is 9.90. The smallest absolute Gasteiger partial charge is 0.226 e. The van der Waals surface area contributed by atoms with Crippen molar-refractivity contribution in [3.8, 4) is 0 Å². The van der Waals surface area contributed by atoms with Gasteiger partial charge in [-0.3, -0.25) is 0 Å². The van der Waals surface area contributed by atoms with E-state index in [1.54, 1.807) is 6.20 Å². The van der Waals surface area contributed by atoms with Crippen molar-refractivity contribution >= 4 is 11.8 Å². The molecule has 2 heterocycles. The molecule has 1 fully saturated rings. The molecule has 0 saturated carbocycles. The lowest BCUT2D eigenvalue weighted by molar-refractivity contribution is 0.164. The van der Waals surface area contributed by atoms with E-state index in [9.17, 15) is 0 Å². The van der Waals surface area contributed by atoms with Crippen LogP contribution in [0.2, 0.25) is 0 Å². The van der Waals surface area contributed by atoms with Crippen LogP contribution in [0, 0.1) is 5.41 Å². The molecule has 0 aliphatic carbocycles. The van der Waals surface area contributed by atoms with Crippen molar-refractivity contribution in [2.75, 3.05) is 44.1 Å². The molecule has 2 rings (SSSR count). The van der Waals surface area contributed by atoms with Gasteiger partial charge in [-0.05, 0) is 12.5 Å². The van der Waals surface area contributed by atoms with Crippen molar-refractivity contribution < 1.29 is 4.74 Å². The first kappa shape index (κ1) is 12.1. The molecule has 1 N–H and O–H groups in total. The molecule has 1 atom stereocenters. The van der Waals surface area contributed by atoms with Gasteiger partial charge < -0.3 is 15.0 Å². The molecule has 1 aliphatic heterocycles. The van der Waals surface area contributed by atoms with Gasteiger partial charge in [0.1, 0.15) is 5.82 Å². The van der Waals surface area contributed by atoms with Crippen LogP contribution in [-0.2, 0) is 4.74 Å². The summed E-state index contributed by atoms with van der Waals surface area (Å²) in [5, 5.41) is 3.36. The number of nitrogens with one attached hydrogen (secondary N) is 1. The second kappa shape index (κ2) is 4.87. The lowest BCUT2D eigenvalue weighted by Gasteiger charge is -2.22. The fraction of sp³-hybridized carbons (Fsp3) is 0.667. The molecule has 0 aromatic carbocycles. The normalized spacial score (nSPS) is 23.7. The van der Waals surface area contributed by atoms with E-state index in [4.69, 9.17) is 4.74 Å². The van der Waals surface area contributed by atoms with Gasteiger partial charge in [0.05, 0.1) is 6.61 Å². The minimum atomic E-state index is 0.225. The van der Waals surface area contributed by atoms with Crippen molar-refractivity contribution in [3.05, 3.63) is 12.3 Å². The Kier molecular flexibility index (Phi) is 3.47. The Bertz CT molecular complexity index is 375. The minimum absolute atomic E-state index is 0.225. The SMILES string of the molecule is CN(C)c1nccc(NCC2(C)CCOC2)n1. The first-order chi connectivity index (χ1) is 8.09. The molecular weight excluding hydrogens is 216 g/mol. The van der Waals surface area contributed by atoms with Crippen LogP contribution in [0.5, 0.6) is 0 Å². The van der Waals surface area contributed by atoms with Crippen molar-refractivity contribution in [3.63, 3.8) is 0 Å². The van der Waals surface area contributed by atoms with Crippen LogP contribution in [0.3, 0.4) is 0 Å². The minimum Gasteiger partial charge on any atom is -0.381 e. The van der Waals surface area contributed by atoms with Crippen LogP contribution in [0.25, 0.3) is 0 Å². The predicted octanol–water partition coefficient (Wildman–Crippen LogP) is 1.38. The number of rotatable bonds is 4. The number of hydrogen-bond donors (Lipinski definition) is 1. The maximum Gasteiger partial charge on any atom is 0.226 e. The van der Waals surface area contributed by atoms with Gasteiger partial charge in [0.15, 0.2) is 0 Å². The Hall–Kier alpha value is -1.36. The summed E-state index contributed by atoms with van der Waals surface area (Å²) in [6.45, 7) is 4.81. The molecule has 0 spiro atoms. The second-order valence-electron chi connectivity index (χ2n) is 5.10. The molecule has 0 radical (unpaired) electrons. The maximum atomic E-state index is 5.43. The third-order valence-corrected chi connectivity index (χ3v) is 3.04. The predicted molar refractivity (Wildman–Crippen MR) is 68.4 cm³/mol. The van der Waals surface area contributed by atoms with Gasteiger partial charge in [0, 0.05) is 38.9 Å². The van der Waals surface area contributed by atoms with Crippen LogP contribution in [0.15, 0.2) is 12.3 Å². The fourth-order valence-electron chi connectivity index (χ4n) is 1.82. The molecule has 1 aromatic heterocycles. The van der Waals surface area contributed by atoms with Gasteiger partial charge in [-0.25, -0.2) is 4.98 Å². The average Bonchev–Trinajstić information content (AvgIpc) is 2.75. The fourth-order valence-corrected chi connectivity index (χ4v) is 1.82. The maximum absolute atomic E-state index is 5.43. The van der Waals surface area contributed by atoms with Crippen LogP contribution in [-0.4, -0.2) is 43.8 Å². The monoisotopic (exact) mass is 236 g/mol. The van der Waals surface area contributed by atoms with E-state index in [0.29, 0.717) is 0 Å². The van der Waals surface area contributed by atoms with Gasteiger partial charge in [0.2, 0.25) is 5.95 Å². The topological polar surface area (TPSA) is 50.3 Å². The summed E-state index contributed by atoms with van der Waals surface area (Å²) in [5.41, 5.74) is 0.225. The first-order valence-corrected chi connectivity index (χ1v) is 5.91. The molecule has 0 amide bonds. The summed E-state index contributed by atoms with van der Waals surface area (Å²) in [6.07, 6.45) is 2.88. The third-order valence-electron chi connectivity index (χ3n) is 3.04. The van der Waals surface area contributed by atoms with E-state index in [0.717, 1.165) is 37.9 Å². The molecule has 5 heteroatoms. The van der Waals surface area contributed by atoms with E-state index >= 15 is 0 Å². The number of aromatic nitrogens is 2. The van der Waals surface area contributed by atoms with E-state index in [2.05, 4.69) is 22.2 Å². The molecule has 1 aromatic rings. The summed E-state index contributed by atoms with van der Waals surface area (Å²) in [6, 6.07) is 1.90. The van der Waals surface area contributed by atoms with Gasteiger partial charge in [0.25, 0.3) is 0 Å². The molecular formula is C12H20N4O. The van der Waals surface area contributed by atoms with Gasteiger partial charge >= 0.3 is 0 Å².